The van der Waals surface area contributed by atoms with E-state index >= 15 is 0 Å². The molecule has 3 heteroatoms. The number of thiophene rings is 1. The highest BCUT2D eigenvalue weighted by molar-refractivity contribution is 7.11. The van der Waals surface area contributed by atoms with Crippen molar-refractivity contribution in [2.24, 2.45) is 0 Å². The van der Waals surface area contributed by atoms with E-state index in [-0.39, 0.29) is 6.10 Å². The zero-order valence-corrected chi connectivity index (χ0v) is 8.68. The van der Waals surface area contributed by atoms with Crippen molar-refractivity contribution in [2.45, 2.75) is 26.0 Å². The van der Waals surface area contributed by atoms with Crippen molar-refractivity contribution >= 4 is 11.3 Å². The van der Waals surface area contributed by atoms with Gasteiger partial charge in [-0.1, -0.05) is 0 Å². The highest BCUT2D eigenvalue weighted by Crippen LogP contribution is 2.19. The number of aliphatic hydroxyl groups excluding tert-OH is 1. The third-order valence-electron chi connectivity index (χ3n) is 2.42. The van der Waals surface area contributed by atoms with Crippen LogP contribution < -0.4 is 0 Å². The third kappa shape index (κ3) is 2.30. The van der Waals surface area contributed by atoms with Gasteiger partial charge in [0.25, 0.3) is 0 Å². The largest absolute Gasteiger partial charge is 0.392 e. The van der Waals surface area contributed by atoms with Crippen LogP contribution in [0.2, 0.25) is 0 Å². The van der Waals surface area contributed by atoms with Crippen LogP contribution in [0.4, 0.5) is 0 Å². The predicted molar refractivity (Wildman–Crippen MR) is 55.0 cm³/mol. The van der Waals surface area contributed by atoms with Crippen molar-refractivity contribution in [2.75, 3.05) is 13.1 Å². The minimum atomic E-state index is -0.0962. The molecule has 1 aliphatic rings. The summed E-state index contributed by atoms with van der Waals surface area (Å²) in [5, 5.41) is 9.34. The summed E-state index contributed by atoms with van der Waals surface area (Å²) in [5.74, 6) is 0. The van der Waals surface area contributed by atoms with Crippen molar-refractivity contribution in [3.63, 3.8) is 0 Å². The smallest absolute Gasteiger partial charge is 0.0679 e. The summed E-state index contributed by atoms with van der Waals surface area (Å²) in [6, 6.07) is 4.34. The molecule has 1 aromatic rings. The Kier molecular flexibility index (Phi) is 2.67. The Morgan fingerprint density at radius 3 is 3.00 bits per heavy atom. The molecule has 0 aromatic carbocycles. The molecular weight excluding hydrogens is 182 g/mol. The van der Waals surface area contributed by atoms with E-state index in [9.17, 15) is 5.11 Å². The van der Waals surface area contributed by atoms with Gasteiger partial charge in [-0.3, -0.25) is 4.90 Å². The van der Waals surface area contributed by atoms with Crippen molar-refractivity contribution in [1.29, 1.82) is 0 Å². The monoisotopic (exact) mass is 197 g/mol. The van der Waals surface area contributed by atoms with E-state index < -0.39 is 0 Å². The Morgan fingerprint density at radius 2 is 2.46 bits per heavy atom. The highest BCUT2D eigenvalue weighted by Gasteiger charge is 2.20. The van der Waals surface area contributed by atoms with Crippen LogP contribution in [0.15, 0.2) is 12.1 Å². The molecule has 0 bridgehead atoms. The Labute approximate surface area is 82.8 Å². The quantitative estimate of drug-likeness (QED) is 0.779. The van der Waals surface area contributed by atoms with E-state index in [0.717, 1.165) is 26.1 Å². The molecule has 1 atom stereocenters. The van der Waals surface area contributed by atoms with Gasteiger partial charge in [-0.15, -0.1) is 11.3 Å². The van der Waals surface area contributed by atoms with E-state index in [1.807, 2.05) is 11.3 Å². The molecule has 1 aliphatic heterocycles. The Balaban J connectivity index is 1.91. The second-order valence-corrected chi connectivity index (χ2v) is 5.06. The number of β-amino-alcohol motifs (C(OH)–C–C–N with tert-alkyl or cyclic N) is 1. The van der Waals surface area contributed by atoms with Crippen molar-refractivity contribution < 1.29 is 5.11 Å². The maximum Gasteiger partial charge on any atom is 0.0679 e. The van der Waals surface area contributed by atoms with Gasteiger partial charge in [0, 0.05) is 29.4 Å². The van der Waals surface area contributed by atoms with E-state index in [4.69, 9.17) is 0 Å². The third-order valence-corrected chi connectivity index (χ3v) is 3.41. The molecule has 0 spiro atoms. The van der Waals surface area contributed by atoms with Crippen molar-refractivity contribution in [3.8, 4) is 0 Å². The molecular formula is C10H15NOS. The van der Waals surface area contributed by atoms with Gasteiger partial charge in [-0.25, -0.2) is 0 Å². The maximum absolute atomic E-state index is 9.34. The maximum atomic E-state index is 9.34. The normalized spacial score (nSPS) is 24.0. The summed E-state index contributed by atoms with van der Waals surface area (Å²) in [6.45, 7) is 5.03. The lowest BCUT2D eigenvalue weighted by Gasteiger charge is -2.12. The molecule has 72 valence electrons. The topological polar surface area (TPSA) is 23.5 Å². The molecule has 1 unspecified atom stereocenters. The average Bonchev–Trinajstić information content (AvgIpc) is 2.62. The number of aliphatic hydroxyl groups is 1. The summed E-state index contributed by atoms with van der Waals surface area (Å²) < 4.78 is 0. The summed E-state index contributed by atoms with van der Waals surface area (Å²) in [4.78, 5) is 5.09. The Bertz CT molecular complexity index is 284. The fourth-order valence-corrected chi connectivity index (χ4v) is 2.68. The minimum Gasteiger partial charge on any atom is -0.392 e. The van der Waals surface area contributed by atoms with Crippen LogP contribution in [-0.4, -0.2) is 29.2 Å². The van der Waals surface area contributed by atoms with Crippen molar-refractivity contribution in [3.05, 3.63) is 21.9 Å². The first-order chi connectivity index (χ1) is 6.24. The Morgan fingerprint density at radius 1 is 1.62 bits per heavy atom. The molecule has 13 heavy (non-hydrogen) atoms. The first kappa shape index (κ1) is 9.19. The van der Waals surface area contributed by atoms with Crippen LogP contribution in [0.5, 0.6) is 0 Å². The summed E-state index contributed by atoms with van der Waals surface area (Å²) >= 11 is 1.85. The van der Waals surface area contributed by atoms with Gasteiger partial charge in [0.05, 0.1) is 6.10 Å². The molecule has 2 heterocycles. The molecule has 0 saturated carbocycles. The molecule has 2 nitrogen and oxygen atoms in total. The SMILES string of the molecule is Cc1ccc(CN2CCC(O)C2)s1. The lowest BCUT2D eigenvalue weighted by atomic mass is 10.3. The van der Waals surface area contributed by atoms with E-state index in [2.05, 4.69) is 24.0 Å². The van der Waals surface area contributed by atoms with E-state index in [1.54, 1.807) is 0 Å². The number of likely N-dealkylation sites (tertiary alicyclic amines) is 1. The van der Waals surface area contributed by atoms with Crippen molar-refractivity contribution in [1.82, 2.24) is 4.90 Å². The second kappa shape index (κ2) is 3.78. The fourth-order valence-electron chi connectivity index (χ4n) is 1.75. The van der Waals surface area contributed by atoms with Gasteiger partial charge in [0.2, 0.25) is 0 Å². The van der Waals surface area contributed by atoms with E-state index in [0.29, 0.717) is 0 Å². The van der Waals surface area contributed by atoms with Gasteiger partial charge in [0.15, 0.2) is 0 Å². The number of hydrogen-bond acceptors (Lipinski definition) is 3. The molecule has 0 aliphatic carbocycles. The molecule has 1 N–H and O–H groups in total. The molecule has 1 saturated heterocycles. The van der Waals surface area contributed by atoms with Gasteiger partial charge in [0.1, 0.15) is 0 Å². The zero-order chi connectivity index (χ0) is 9.26. The van der Waals surface area contributed by atoms with Gasteiger partial charge in [-0.2, -0.15) is 0 Å². The Hall–Kier alpha value is -0.380. The predicted octanol–water partition coefficient (Wildman–Crippen LogP) is 1.62. The average molecular weight is 197 g/mol. The number of aryl methyl sites for hydroxylation is 1. The standard InChI is InChI=1S/C10H15NOS/c1-8-2-3-10(13-8)7-11-5-4-9(12)6-11/h2-3,9,12H,4-7H2,1H3. The minimum absolute atomic E-state index is 0.0962. The summed E-state index contributed by atoms with van der Waals surface area (Å²) in [7, 11) is 0. The molecule has 1 aromatic heterocycles. The first-order valence-electron chi connectivity index (χ1n) is 4.70. The fraction of sp³-hybridized carbons (Fsp3) is 0.600. The van der Waals surface area contributed by atoms with Gasteiger partial charge >= 0.3 is 0 Å². The van der Waals surface area contributed by atoms with Crippen LogP contribution >= 0.6 is 11.3 Å². The van der Waals surface area contributed by atoms with Crippen LogP contribution in [-0.2, 0) is 6.54 Å². The second-order valence-electron chi connectivity index (χ2n) is 3.69. The molecule has 0 radical (unpaired) electrons. The highest BCUT2D eigenvalue weighted by atomic mass is 32.1. The van der Waals surface area contributed by atoms with Gasteiger partial charge < -0.3 is 5.11 Å². The van der Waals surface area contributed by atoms with Crippen LogP contribution in [0.25, 0.3) is 0 Å². The van der Waals surface area contributed by atoms with Crippen LogP contribution in [0, 0.1) is 6.92 Å². The molecule has 0 amide bonds. The summed E-state index contributed by atoms with van der Waals surface area (Å²) in [5.41, 5.74) is 0. The van der Waals surface area contributed by atoms with Crippen LogP contribution in [0.1, 0.15) is 16.2 Å². The van der Waals surface area contributed by atoms with Gasteiger partial charge in [-0.05, 0) is 25.5 Å². The number of rotatable bonds is 2. The number of hydrogen-bond donors (Lipinski definition) is 1. The number of nitrogens with zero attached hydrogens (tertiary/aromatic N) is 1. The lowest BCUT2D eigenvalue weighted by molar-refractivity contribution is 0.175. The van der Waals surface area contributed by atoms with Crippen LogP contribution in [0.3, 0.4) is 0 Å². The molecule has 1 fully saturated rings. The van der Waals surface area contributed by atoms with E-state index in [1.165, 1.54) is 9.75 Å². The molecule has 2 rings (SSSR count). The zero-order valence-electron chi connectivity index (χ0n) is 7.86. The lowest BCUT2D eigenvalue weighted by Crippen LogP contribution is -2.20. The summed E-state index contributed by atoms with van der Waals surface area (Å²) in [6.07, 6.45) is 0.839. The first-order valence-corrected chi connectivity index (χ1v) is 5.51.